The highest BCUT2D eigenvalue weighted by Gasteiger charge is 2.17. The van der Waals surface area contributed by atoms with Crippen molar-refractivity contribution in [3.8, 4) is 0 Å². The molecular formula is C17H21N3O2. The van der Waals surface area contributed by atoms with Crippen molar-refractivity contribution in [2.75, 3.05) is 18.4 Å². The minimum absolute atomic E-state index is 0.236. The Bertz CT molecular complexity index is 599. The summed E-state index contributed by atoms with van der Waals surface area (Å²) in [5.74, 6) is 0. The van der Waals surface area contributed by atoms with Crippen molar-refractivity contribution in [3.63, 3.8) is 0 Å². The van der Waals surface area contributed by atoms with Crippen LogP contribution >= 0.6 is 0 Å². The predicted octanol–water partition coefficient (Wildman–Crippen LogP) is 2.98. The van der Waals surface area contributed by atoms with Crippen molar-refractivity contribution < 1.29 is 9.90 Å². The minimum Gasteiger partial charge on any atom is -0.387 e. The molecule has 1 aromatic heterocycles. The molecule has 116 valence electrons. The van der Waals surface area contributed by atoms with Gasteiger partial charge >= 0.3 is 6.03 Å². The normalized spacial score (nSPS) is 11.8. The maximum Gasteiger partial charge on any atom is 0.321 e. The fraction of sp³-hybridized carbons (Fsp3) is 0.294. The molecule has 2 aromatic rings. The summed E-state index contributed by atoms with van der Waals surface area (Å²) in [6.45, 7) is 4.64. The van der Waals surface area contributed by atoms with Gasteiger partial charge in [-0.1, -0.05) is 29.8 Å². The molecule has 5 nitrogen and oxygen atoms in total. The van der Waals surface area contributed by atoms with Gasteiger partial charge in [-0.25, -0.2) is 4.79 Å². The molecule has 0 aliphatic carbocycles. The first-order chi connectivity index (χ1) is 10.6. The maximum atomic E-state index is 12.2. The Kier molecular flexibility index (Phi) is 5.49. The molecule has 0 fully saturated rings. The average molecular weight is 299 g/mol. The van der Waals surface area contributed by atoms with Crippen molar-refractivity contribution in [1.82, 2.24) is 9.88 Å². The summed E-state index contributed by atoms with van der Waals surface area (Å²) >= 11 is 0. The number of benzene rings is 1. The topological polar surface area (TPSA) is 65.5 Å². The SMILES string of the molecule is CCN(CC(O)c1ccc(C)cc1)C(=O)Nc1ccncc1. The number of likely N-dealkylation sites (N-methyl/N-ethyl adjacent to an activating group) is 1. The van der Waals surface area contributed by atoms with Gasteiger partial charge in [-0.3, -0.25) is 4.98 Å². The zero-order valence-electron chi connectivity index (χ0n) is 12.9. The van der Waals surface area contributed by atoms with Gasteiger partial charge in [0.05, 0.1) is 12.6 Å². The van der Waals surface area contributed by atoms with Crippen LogP contribution in [0.25, 0.3) is 0 Å². The van der Waals surface area contributed by atoms with E-state index in [0.717, 1.165) is 11.1 Å². The first-order valence-electron chi connectivity index (χ1n) is 7.30. The monoisotopic (exact) mass is 299 g/mol. The number of carbonyl (C=O) groups excluding carboxylic acids is 1. The lowest BCUT2D eigenvalue weighted by atomic mass is 10.1. The number of anilines is 1. The molecule has 0 saturated heterocycles. The van der Waals surface area contributed by atoms with E-state index in [9.17, 15) is 9.90 Å². The number of pyridine rings is 1. The van der Waals surface area contributed by atoms with Gasteiger partial charge < -0.3 is 15.3 Å². The van der Waals surface area contributed by atoms with Crippen molar-refractivity contribution >= 4 is 11.7 Å². The Hall–Kier alpha value is -2.40. The quantitative estimate of drug-likeness (QED) is 0.892. The van der Waals surface area contributed by atoms with Gasteiger partial charge in [0.2, 0.25) is 0 Å². The highest BCUT2D eigenvalue weighted by molar-refractivity contribution is 5.89. The largest absolute Gasteiger partial charge is 0.387 e. The van der Waals surface area contributed by atoms with Crippen LogP contribution in [0.4, 0.5) is 10.5 Å². The summed E-state index contributed by atoms with van der Waals surface area (Å²) < 4.78 is 0. The summed E-state index contributed by atoms with van der Waals surface area (Å²) in [4.78, 5) is 17.7. The molecule has 22 heavy (non-hydrogen) atoms. The molecule has 1 heterocycles. The summed E-state index contributed by atoms with van der Waals surface area (Å²) in [6.07, 6.45) is 2.53. The van der Waals surface area contributed by atoms with Crippen LogP contribution in [0.1, 0.15) is 24.2 Å². The van der Waals surface area contributed by atoms with Crippen LogP contribution < -0.4 is 5.32 Å². The Morgan fingerprint density at radius 1 is 1.23 bits per heavy atom. The molecule has 0 bridgehead atoms. The van der Waals surface area contributed by atoms with E-state index in [1.807, 2.05) is 38.1 Å². The number of nitrogens with zero attached hydrogens (tertiary/aromatic N) is 2. The van der Waals surface area contributed by atoms with Crippen LogP contribution in [0.5, 0.6) is 0 Å². The molecule has 0 aliphatic heterocycles. The third-order valence-electron chi connectivity index (χ3n) is 3.46. The number of amides is 2. The van der Waals surface area contributed by atoms with Crippen molar-refractivity contribution in [2.24, 2.45) is 0 Å². The number of aliphatic hydroxyl groups excluding tert-OH is 1. The summed E-state index contributed by atoms with van der Waals surface area (Å²) in [5.41, 5.74) is 2.63. The van der Waals surface area contributed by atoms with E-state index in [0.29, 0.717) is 12.2 Å². The number of aliphatic hydroxyl groups is 1. The van der Waals surface area contributed by atoms with E-state index in [1.165, 1.54) is 0 Å². The predicted molar refractivity (Wildman–Crippen MR) is 86.6 cm³/mol. The molecule has 0 spiro atoms. The van der Waals surface area contributed by atoms with Crippen LogP contribution in [0.2, 0.25) is 0 Å². The average Bonchev–Trinajstić information content (AvgIpc) is 2.53. The van der Waals surface area contributed by atoms with E-state index in [4.69, 9.17) is 0 Å². The smallest absolute Gasteiger partial charge is 0.321 e. The number of carbonyl (C=O) groups is 1. The number of hydrogen-bond donors (Lipinski definition) is 2. The van der Waals surface area contributed by atoms with Gasteiger partial charge in [0.25, 0.3) is 0 Å². The maximum absolute atomic E-state index is 12.2. The van der Waals surface area contributed by atoms with Gasteiger partial charge in [-0.15, -0.1) is 0 Å². The second kappa shape index (κ2) is 7.56. The molecule has 1 unspecified atom stereocenters. The molecule has 0 saturated carbocycles. The van der Waals surface area contributed by atoms with E-state index in [-0.39, 0.29) is 12.6 Å². The number of hydrogen-bond acceptors (Lipinski definition) is 3. The lowest BCUT2D eigenvalue weighted by molar-refractivity contribution is 0.128. The fourth-order valence-electron chi connectivity index (χ4n) is 2.10. The van der Waals surface area contributed by atoms with Crippen molar-refractivity contribution in [3.05, 3.63) is 59.9 Å². The van der Waals surface area contributed by atoms with Gasteiger partial charge in [0, 0.05) is 24.6 Å². The Morgan fingerprint density at radius 2 is 1.86 bits per heavy atom. The van der Waals surface area contributed by atoms with Crippen LogP contribution in [-0.2, 0) is 0 Å². The molecule has 2 rings (SSSR count). The van der Waals surface area contributed by atoms with Crippen LogP contribution in [0, 0.1) is 6.92 Å². The van der Waals surface area contributed by atoms with Crippen molar-refractivity contribution in [1.29, 1.82) is 0 Å². The molecule has 2 amide bonds. The Labute approximate surface area is 130 Å². The lowest BCUT2D eigenvalue weighted by Gasteiger charge is -2.24. The molecule has 2 N–H and O–H groups in total. The molecule has 5 heteroatoms. The first-order valence-corrected chi connectivity index (χ1v) is 7.30. The second-order valence-electron chi connectivity index (χ2n) is 5.13. The number of urea groups is 1. The highest BCUT2D eigenvalue weighted by Crippen LogP contribution is 2.16. The zero-order chi connectivity index (χ0) is 15.9. The van der Waals surface area contributed by atoms with Gasteiger partial charge in [0.1, 0.15) is 0 Å². The van der Waals surface area contributed by atoms with E-state index >= 15 is 0 Å². The van der Waals surface area contributed by atoms with E-state index < -0.39 is 6.10 Å². The van der Waals surface area contributed by atoms with Gasteiger partial charge in [-0.2, -0.15) is 0 Å². The van der Waals surface area contributed by atoms with E-state index in [2.05, 4.69) is 10.3 Å². The van der Waals surface area contributed by atoms with E-state index in [1.54, 1.807) is 29.4 Å². The second-order valence-corrected chi connectivity index (χ2v) is 5.13. The minimum atomic E-state index is -0.705. The molecule has 1 atom stereocenters. The number of aryl methyl sites for hydroxylation is 1. The number of rotatable bonds is 5. The Balaban J connectivity index is 1.99. The lowest BCUT2D eigenvalue weighted by Crippen LogP contribution is -2.37. The summed E-state index contributed by atoms with van der Waals surface area (Å²) in [5, 5.41) is 13.1. The Morgan fingerprint density at radius 3 is 2.45 bits per heavy atom. The molecule has 0 radical (unpaired) electrons. The fourth-order valence-corrected chi connectivity index (χ4v) is 2.10. The van der Waals surface area contributed by atoms with Crippen LogP contribution in [0.3, 0.4) is 0 Å². The summed E-state index contributed by atoms with van der Waals surface area (Å²) in [6, 6.07) is 10.9. The molecule has 1 aromatic carbocycles. The first kappa shape index (κ1) is 16.0. The number of aromatic nitrogens is 1. The third kappa shape index (κ3) is 4.30. The summed E-state index contributed by atoms with van der Waals surface area (Å²) in [7, 11) is 0. The van der Waals surface area contributed by atoms with Crippen molar-refractivity contribution in [2.45, 2.75) is 20.0 Å². The number of nitrogens with one attached hydrogen (secondary N) is 1. The third-order valence-corrected chi connectivity index (χ3v) is 3.46. The van der Waals surface area contributed by atoms with Gasteiger partial charge in [0.15, 0.2) is 0 Å². The molecular weight excluding hydrogens is 278 g/mol. The van der Waals surface area contributed by atoms with Gasteiger partial charge in [-0.05, 0) is 31.5 Å². The molecule has 0 aliphatic rings. The highest BCUT2D eigenvalue weighted by atomic mass is 16.3. The standard InChI is InChI=1S/C17H21N3O2/c1-3-20(17(22)19-15-8-10-18-11-9-15)12-16(21)14-6-4-13(2)5-7-14/h4-11,16,21H,3,12H2,1-2H3,(H,18,19,22). The zero-order valence-corrected chi connectivity index (χ0v) is 12.9. The van der Waals surface area contributed by atoms with Crippen LogP contribution in [0.15, 0.2) is 48.8 Å². The van der Waals surface area contributed by atoms with Crippen LogP contribution in [-0.4, -0.2) is 34.1 Å².